The first-order valence-corrected chi connectivity index (χ1v) is 7.13. The van der Waals surface area contributed by atoms with Gasteiger partial charge in [-0.15, -0.1) is 0 Å². The SMILES string of the molecule is Nc1cc(F)c(Br)cc1S(=O)(=O)NCC(O)C(F)F. The molecular weight excluding hydrogens is 353 g/mol. The second kappa shape index (κ2) is 6.07. The van der Waals surface area contributed by atoms with Gasteiger partial charge in [-0.2, -0.15) is 0 Å². The van der Waals surface area contributed by atoms with Crippen LogP contribution in [0, 0.1) is 5.82 Å². The number of nitrogen functional groups attached to an aromatic ring is 1. The molecule has 0 spiro atoms. The van der Waals surface area contributed by atoms with Crippen molar-refractivity contribution in [2.45, 2.75) is 17.4 Å². The fourth-order valence-electron chi connectivity index (χ4n) is 1.14. The highest BCUT2D eigenvalue weighted by molar-refractivity contribution is 9.10. The molecule has 0 heterocycles. The highest BCUT2D eigenvalue weighted by Gasteiger charge is 2.23. The first-order chi connectivity index (χ1) is 8.65. The Morgan fingerprint density at radius 2 is 2.00 bits per heavy atom. The van der Waals surface area contributed by atoms with Gasteiger partial charge in [0.05, 0.1) is 10.2 Å². The lowest BCUT2D eigenvalue weighted by molar-refractivity contribution is -0.000450. The van der Waals surface area contributed by atoms with Crippen LogP contribution in [0.4, 0.5) is 18.9 Å². The van der Waals surface area contributed by atoms with Crippen molar-refractivity contribution in [2.75, 3.05) is 12.3 Å². The molecule has 4 N–H and O–H groups in total. The minimum Gasteiger partial charge on any atom is -0.398 e. The van der Waals surface area contributed by atoms with Crippen LogP contribution in [0.3, 0.4) is 0 Å². The summed E-state index contributed by atoms with van der Waals surface area (Å²) in [7, 11) is -4.22. The van der Waals surface area contributed by atoms with Crippen LogP contribution in [0.5, 0.6) is 0 Å². The summed E-state index contributed by atoms with van der Waals surface area (Å²) in [5.41, 5.74) is 4.98. The number of aliphatic hydroxyl groups is 1. The van der Waals surface area contributed by atoms with Crippen molar-refractivity contribution in [3.8, 4) is 0 Å². The van der Waals surface area contributed by atoms with Crippen molar-refractivity contribution in [3.05, 3.63) is 22.4 Å². The topological polar surface area (TPSA) is 92.4 Å². The van der Waals surface area contributed by atoms with Gasteiger partial charge >= 0.3 is 0 Å². The van der Waals surface area contributed by atoms with Crippen molar-refractivity contribution >= 4 is 31.6 Å². The number of nitrogens with one attached hydrogen (secondary N) is 1. The second-order valence-electron chi connectivity index (χ2n) is 3.56. The van der Waals surface area contributed by atoms with E-state index in [9.17, 15) is 21.6 Å². The number of halogens is 4. The van der Waals surface area contributed by atoms with Gasteiger partial charge in [-0.1, -0.05) is 0 Å². The maximum Gasteiger partial charge on any atom is 0.265 e. The van der Waals surface area contributed by atoms with Gasteiger partial charge in [-0.3, -0.25) is 0 Å². The molecule has 19 heavy (non-hydrogen) atoms. The first-order valence-electron chi connectivity index (χ1n) is 4.85. The Bertz CT molecular complexity index is 568. The number of sulfonamides is 1. The highest BCUT2D eigenvalue weighted by Crippen LogP contribution is 2.25. The number of rotatable bonds is 5. The molecule has 1 aromatic carbocycles. The normalized spacial score (nSPS) is 13.8. The number of nitrogens with two attached hydrogens (primary N) is 1. The Hall–Kier alpha value is -0.840. The molecule has 5 nitrogen and oxygen atoms in total. The Morgan fingerprint density at radius 3 is 2.53 bits per heavy atom. The van der Waals surface area contributed by atoms with Crippen LogP contribution in [-0.2, 0) is 10.0 Å². The fraction of sp³-hybridized carbons (Fsp3) is 0.333. The lowest BCUT2D eigenvalue weighted by atomic mass is 10.3. The van der Waals surface area contributed by atoms with E-state index in [-0.39, 0.29) is 10.2 Å². The van der Waals surface area contributed by atoms with Crippen molar-refractivity contribution in [1.82, 2.24) is 4.72 Å². The summed E-state index contributed by atoms with van der Waals surface area (Å²) >= 11 is 2.78. The molecule has 1 unspecified atom stereocenters. The lowest BCUT2D eigenvalue weighted by Crippen LogP contribution is -2.36. The average Bonchev–Trinajstić information content (AvgIpc) is 2.30. The summed E-state index contributed by atoms with van der Waals surface area (Å²) in [6.45, 7) is -0.881. The van der Waals surface area contributed by atoms with E-state index in [0.717, 1.165) is 12.1 Å². The average molecular weight is 363 g/mol. The van der Waals surface area contributed by atoms with Crippen LogP contribution >= 0.6 is 15.9 Å². The quantitative estimate of drug-likeness (QED) is 0.683. The summed E-state index contributed by atoms with van der Waals surface area (Å²) in [4.78, 5) is -0.470. The van der Waals surface area contributed by atoms with Gasteiger partial charge in [-0.25, -0.2) is 26.3 Å². The van der Waals surface area contributed by atoms with E-state index in [1.165, 1.54) is 0 Å². The molecule has 0 bridgehead atoms. The summed E-state index contributed by atoms with van der Waals surface area (Å²) in [6.07, 6.45) is -5.22. The van der Waals surface area contributed by atoms with E-state index in [2.05, 4.69) is 15.9 Å². The lowest BCUT2D eigenvalue weighted by Gasteiger charge is -2.13. The zero-order valence-electron chi connectivity index (χ0n) is 9.28. The number of aliphatic hydroxyl groups excluding tert-OH is 1. The van der Waals surface area contributed by atoms with E-state index >= 15 is 0 Å². The molecule has 0 saturated carbocycles. The second-order valence-corrected chi connectivity index (χ2v) is 6.15. The number of anilines is 1. The van der Waals surface area contributed by atoms with Gasteiger partial charge in [-0.05, 0) is 28.1 Å². The molecule has 0 aliphatic heterocycles. The standard InChI is InChI=1S/C9H10BrF3N2O3S/c10-4-1-8(6(14)2-5(4)11)19(17,18)15-3-7(16)9(12)13/h1-2,7,9,15-16H,3,14H2. The predicted molar refractivity (Wildman–Crippen MR) is 65.7 cm³/mol. The molecule has 0 aliphatic carbocycles. The van der Waals surface area contributed by atoms with Crippen molar-refractivity contribution in [1.29, 1.82) is 0 Å². The molecule has 0 amide bonds. The fourth-order valence-corrected chi connectivity index (χ4v) is 2.82. The molecule has 10 heteroatoms. The van der Waals surface area contributed by atoms with E-state index in [1.807, 2.05) is 0 Å². The number of alkyl halides is 2. The number of hydrogen-bond acceptors (Lipinski definition) is 4. The van der Waals surface area contributed by atoms with Crippen LogP contribution in [0.1, 0.15) is 0 Å². The van der Waals surface area contributed by atoms with Crippen LogP contribution in [0.25, 0.3) is 0 Å². The van der Waals surface area contributed by atoms with Gasteiger partial charge in [0.2, 0.25) is 10.0 Å². The molecule has 108 valence electrons. The van der Waals surface area contributed by atoms with Gasteiger partial charge in [0.1, 0.15) is 16.8 Å². The van der Waals surface area contributed by atoms with Crippen LogP contribution < -0.4 is 10.5 Å². The minimum atomic E-state index is -4.22. The molecule has 0 aromatic heterocycles. The molecule has 1 atom stereocenters. The first kappa shape index (κ1) is 16.2. The van der Waals surface area contributed by atoms with E-state index in [0.29, 0.717) is 0 Å². The third-order valence-electron chi connectivity index (χ3n) is 2.12. The van der Waals surface area contributed by atoms with E-state index in [4.69, 9.17) is 10.8 Å². The minimum absolute atomic E-state index is 0.142. The van der Waals surface area contributed by atoms with Crippen molar-refractivity contribution in [3.63, 3.8) is 0 Å². The van der Waals surface area contributed by atoms with Crippen LogP contribution in [0.2, 0.25) is 0 Å². The monoisotopic (exact) mass is 362 g/mol. The van der Waals surface area contributed by atoms with Crippen molar-refractivity contribution in [2.24, 2.45) is 0 Å². The molecular formula is C9H10BrF3N2O3S. The number of hydrogen-bond donors (Lipinski definition) is 3. The predicted octanol–water partition coefficient (Wildman–Crippen LogP) is 1.07. The Labute approximate surface area is 115 Å². The Balaban J connectivity index is 2.98. The molecule has 1 aromatic rings. The van der Waals surface area contributed by atoms with Gasteiger partial charge in [0, 0.05) is 6.54 Å². The zero-order chi connectivity index (χ0) is 14.8. The smallest absolute Gasteiger partial charge is 0.265 e. The summed E-state index contributed by atoms with van der Waals surface area (Å²) in [6, 6.07) is 1.68. The van der Waals surface area contributed by atoms with Gasteiger partial charge < -0.3 is 10.8 Å². The highest BCUT2D eigenvalue weighted by atomic mass is 79.9. The Morgan fingerprint density at radius 1 is 1.42 bits per heavy atom. The van der Waals surface area contributed by atoms with Crippen LogP contribution in [-0.4, -0.2) is 32.6 Å². The van der Waals surface area contributed by atoms with Crippen molar-refractivity contribution < 1.29 is 26.7 Å². The number of benzene rings is 1. The Kier molecular flexibility index (Phi) is 5.18. The zero-order valence-corrected chi connectivity index (χ0v) is 11.7. The molecule has 0 radical (unpaired) electrons. The van der Waals surface area contributed by atoms with E-state index in [1.54, 1.807) is 4.72 Å². The molecule has 0 saturated heterocycles. The molecule has 0 aliphatic rings. The molecule has 0 fully saturated rings. The largest absolute Gasteiger partial charge is 0.398 e. The van der Waals surface area contributed by atoms with E-state index < -0.39 is 39.8 Å². The third kappa shape index (κ3) is 4.06. The van der Waals surface area contributed by atoms with Gasteiger partial charge in [0.25, 0.3) is 6.43 Å². The third-order valence-corrected chi connectivity index (χ3v) is 4.20. The summed E-state index contributed by atoms with van der Waals surface area (Å²) in [5, 5.41) is 8.83. The maximum atomic E-state index is 13.1. The molecule has 1 rings (SSSR count). The maximum absolute atomic E-state index is 13.1. The summed E-state index contributed by atoms with van der Waals surface area (Å²) in [5.74, 6) is -0.760. The van der Waals surface area contributed by atoms with Gasteiger partial charge in [0.15, 0.2) is 0 Å². The summed E-state index contributed by atoms with van der Waals surface area (Å²) < 4.78 is 62.3. The van der Waals surface area contributed by atoms with Crippen LogP contribution in [0.15, 0.2) is 21.5 Å².